The molecule has 3 heterocycles. The molecular weight excluding hydrogens is 354 g/mol. The predicted molar refractivity (Wildman–Crippen MR) is 104 cm³/mol. The van der Waals surface area contributed by atoms with Crippen molar-refractivity contribution in [3.63, 3.8) is 0 Å². The standard InChI is InChI=1S/C21H23N5O2/c1-15-3-5-18(6-4-15)28-20-19(22-9-10-23-20)16-7-11-26(12-8-16)21(27)17-13-24-25(2)14-17/h3-6,9-10,13-14,16H,7-8,11-12H2,1-2H3. The molecule has 3 aromatic rings. The highest BCUT2D eigenvalue weighted by molar-refractivity contribution is 5.93. The fraction of sp³-hybridized carbons (Fsp3) is 0.333. The third kappa shape index (κ3) is 3.88. The van der Waals surface area contributed by atoms with E-state index < -0.39 is 0 Å². The van der Waals surface area contributed by atoms with Crippen molar-refractivity contribution in [3.8, 4) is 11.6 Å². The van der Waals surface area contributed by atoms with Crippen molar-refractivity contribution >= 4 is 5.91 Å². The molecule has 0 radical (unpaired) electrons. The summed E-state index contributed by atoms with van der Waals surface area (Å²) >= 11 is 0. The van der Waals surface area contributed by atoms with Gasteiger partial charge in [-0.25, -0.2) is 4.98 Å². The number of ether oxygens (including phenoxy) is 1. The molecule has 1 aliphatic heterocycles. The molecule has 0 saturated carbocycles. The van der Waals surface area contributed by atoms with E-state index in [1.54, 1.807) is 29.5 Å². The van der Waals surface area contributed by atoms with E-state index in [4.69, 9.17) is 4.74 Å². The first-order valence-corrected chi connectivity index (χ1v) is 9.43. The topological polar surface area (TPSA) is 73.1 Å². The predicted octanol–water partition coefficient (Wildman–Crippen LogP) is 3.33. The van der Waals surface area contributed by atoms with Gasteiger partial charge in [-0.2, -0.15) is 5.10 Å². The quantitative estimate of drug-likeness (QED) is 0.697. The molecule has 0 N–H and O–H groups in total. The number of hydrogen-bond acceptors (Lipinski definition) is 5. The summed E-state index contributed by atoms with van der Waals surface area (Å²) in [7, 11) is 1.81. The van der Waals surface area contributed by atoms with Crippen LogP contribution in [-0.4, -0.2) is 43.6 Å². The minimum Gasteiger partial charge on any atom is -0.437 e. The molecule has 7 nitrogen and oxygen atoms in total. The van der Waals surface area contributed by atoms with Gasteiger partial charge in [0.15, 0.2) is 0 Å². The third-order valence-electron chi connectivity index (χ3n) is 5.05. The highest BCUT2D eigenvalue weighted by Gasteiger charge is 2.28. The minimum absolute atomic E-state index is 0.0295. The molecule has 1 amide bonds. The van der Waals surface area contributed by atoms with Gasteiger partial charge in [0, 0.05) is 44.6 Å². The van der Waals surface area contributed by atoms with Gasteiger partial charge in [0.1, 0.15) is 11.4 Å². The Morgan fingerprint density at radius 1 is 1.11 bits per heavy atom. The zero-order valence-electron chi connectivity index (χ0n) is 16.1. The molecule has 7 heteroatoms. The van der Waals surface area contributed by atoms with Gasteiger partial charge in [-0.3, -0.25) is 14.5 Å². The molecule has 144 valence electrons. The second kappa shape index (κ2) is 7.80. The zero-order chi connectivity index (χ0) is 19.5. The second-order valence-corrected chi connectivity index (χ2v) is 7.13. The second-order valence-electron chi connectivity index (χ2n) is 7.13. The van der Waals surface area contributed by atoms with Crippen molar-refractivity contribution in [2.75, 3.05) is 13.1 Å². The van der Waals surface area contributed by atoms with E-state index in [0.29, 0.717) is 24.5 Å². The first-order chi connectivity index (χ1) is 13.6. The molecule has 1 aliphatic rings. The van der Waals surface area contributed by atoms with Gasteiger partial charge in [-0.15, -0.1) is 0 Å². The zero-order valence-corrected chi connectivity index (χ0v) is 16.1. The van der Waals surface area contributed by atoms with Gasteiger partial charge < -0.3 is 9.64 Å². The Balaban J connectivity index is 1.44. The Morgan fingerprint density at radius 2 is 1.82 bits per heavy atom. The van der Waals surface area contributed by atoms with E-state index in [-0.39, 0.29) is 11.8 Å². The van der Waals surface area contributed by atoms with E-state index in [2.05, 4.69) is 15.1 Å². The lowest BCUT2D eigenvalue weighted by atomic mass is 9.93. The Bertz CT molecular complexity index is 959. The van der Waals surface area contributed by atoms with E-state index in [1.807, 2.05) is 43.1 Å². The van der Waals surface area contributed by atoms with Crippen LogP contribution in [-0.2, 0) is 7.05 Å². The van der Waals surface area contributed by atoms with Gasteiger partial charge in [-0.05, 0) is 31.9 Å². The van der Waals surface area contributed by atoms with Crippen LogP contribution in [0.1, 0.15) is 40.4 Å². The number of hydrogen-bond donors (Lipinski definition) is 0. The molecule has 4 rings (SSSR count). The number of aromatic nitrogens is 4. The lowest BCUT2D eigenvalue weighted by Crippen LogP contribution is -2.38. The van der Waals surface area contributed by atoms with Crippen LogP contribution in [0, 0.1) is 6.92 Å². The van der Waals surface area contributed by atoms with Gasteiger partial charge in [0.05, 0.1) is 11.8 Å². The summed E-state index contributed by atoms with van der Waals surface area (Å²) in [6, 6.07) is 7.88. The highest BCUT2D eigenvalue weighted by Crippen LogP contribution is 2.33. The summed E-state index contributed by atoms with van der Waals surface area (Å²) in [6.45, 7) is 3.40. The molecule has 0 spiro atoms. The van der Waals surface area contributed by atoms with Crippen molar-refractivity contribution < 1.29 is 9.53 Å². The average Bonchev–Trinajstić information content (AvgIpc) is 3.16. The molecule has 0 atom stereocenters. The van der Waals surface area contributed by atoms with Crippen LogP contribution in [0.3, 0.4) is 0 Å². The van der Waals surface area contributed by atoms with Gasteiger partial charge in [0.2, 0.25) is 5.88 Å². The first-order valence-electron chi connectivity index (χ1n) is 9.43. The summed E-state index contributed by atoms with van der Waals surface area (Å²) in [6.07, 6.45) is 8.37. The highest BCUT2D eigenvalue weighted by atomic mass is 16.5. The smallest absolute Gasteiger partial charge is 0.257 e. The van der Waals surface area contributed by atoms with Crippen LogP contribution in [0.25, 0.3) is 0 Å². The van der Waals surface area contributed by atoms with Crippen LogP contribution in [0.15, 0.2) is 49.1 Å². The lowest BCUT2D eigenvalue weighted by Gasteiger charge is -2.31. The van der Waals surface area contributed by atoms with Crippen molar-refractivity contribution in [1.82, 2.24) is 24.6 Å². The summed E-state index contributed by atoms with van der Waals surface area (Å²) in [5.74, 6) is 1.54. The van der Waals surface area contributed by atoms with E-state index in [9.17, 15) is 4.79 Å². The fourth-order valence-electron chi connectivity index (χ4n) is 3.48. The van der Waals surface area contributed by atoms with Gasteiger partial charge >= 0.3 is 0 Å². The number of aryl methyl sites for hydroxylation is 2. The molecule has 2 aromatic heterocycles. The molecule has 0 aliphatic carbocycles. The van der Waals surface area contributed by atoms with Gasteiger partial charge in [0.25, 0.3) is 5.91 Å². The normalized spacial score (nSPS) is 14.9. The third-order valence-corrected chi connectivity index (χ3v) is 5.05. The Hall–Kier alpha value is -3.22. The maximum absolute atomic E-state index is 12.6. The van der Waals surface area contributed by atoms with E-state index in [0.717, 1.165) is 24.3 Å². The number of likely N-dealkylation sites (tertiary alicyclic amines) is 1. The number of carbonyl (C=O) groups excluding carboxylic acids is 1. The van der Waals surface area contributed by atoms with Crippen molar-refractivity contribution in [3.05, 3.63) is 65.9 Å². The number of amides is 1. The fourth-order valence-corrected chi connectivity index (χ4v) is 3.48. The number of carbonyl (C=O) groups is 1. The molecule has 28 heavy (non-hydrogen) atoms. The summed E-state index contributed by atoms with van der Waals surface area (Å²) in [5.41, 5.74) is 2.66. The van der Waals surface area contributed by atoms with Crippen LogP contribution >= 0.6 is 0 Å². The molecule has 0 unspecified atom stereocenters. The molecule has 0 bridgehead atoms. The van der Waals surface area contributed by atoms with Crippen LogP contribution in [0.5, 0.6) is 11.6 Å². The molecule has 1 aromatic carbocycles. The largest absolute Gasteiger partial charge is 0.437 e. The van der Waals surface area contributed by atoms with E-state index >= 15 is 0 Å². The Morgan fingerprint density at radius 3 is 2.50 bits per heavy atom. The lowest BCUT2D eigenvalue weighted by molar-refractivity contribution is 0.0711. The summed E-state index contributed by atoms with van der Waals surface area (Å²) in [5, 5.41) is 4.09. The maximum Gasteiger partial charge on any atom is 0.257 e. The number of benzene rings is 1. The molecule has 1 saturated heterocycles. The number of rotatable bonds is 4. The Labute approximate surface area is 164 Å². The van der Waals surface area contributed by atoms with Crippen LogP contribution < -0.4 is 4.74 Å². The van der Waals surface area contributed by atoms with Crippen LogP contribution in [0.2, 0.25) is 0 Å². The molecule has 1 fully saturated rings. The number of nitrogens with zero attached hydrogens (tertiary/aromatic N) is 5. The maximum atomic E-state index is 12.6. The monoisotopic (exact) mass is 377 g/mol. The van der Waals surface area contributed by atoms with E-state index in [1.165, 1.54) is 5.56 Å². The summed E-state index contributed by atoms with van der Waals surface area (Å²) in [4.78, 5) is 23.4. The molecular formula is C21H23N5O2. The van der Waals surface area contributed by atoms with Crippen molar-refractivity contribution in [2.45, 2.75) is 25.7 Å². The van der Waals surface area contributed by atoms with Crippen LogP contribution in [0.4, 0.5) is 0 Å². The first kappa shape index (κ1) is 18.2. The summed E-state index contributed by atoms with van der Waals surface area (Å²) < 4.78 is 7.65. The average molecular weight is 377 g/mol. The van der Waals surface area contributed by atoms with Crippen molar-refractivity contribution in [2.24, 2.45) is 7.05 Å². The minimum atomic E-state index is 0.0295. The van der Waals surface area contributed by atoms with Gasteiger partial charge in [-0.1, -0.05) is 17.7 Å². The number of piperidine rings is 1. The Kier molecular flexibility index (Phi) is 5.06. The van der Waals surface area contributed by atoms with Crippen molar-refractivity contribution in [1.29, 1.82) is 0 Å². The SMILES string of the molecule is Cc1ccc(Oc2nccnc2C2CCN(C(=O)c3cnn(C)c3)CC2)cc1.